The van der Waals surface area contributed by atoms with Gasteiger partial charge in [-0.1, -0.05) is 28.9 Å². The summed E-state index contributed by atoms with van der Waals surface area (Å²) < 4.78 is 0.986. The Kier molecular flexibility index (Phi) is 3.87. The molecule has 92 valence electrons. The fourth-order valence-electron chi connectivity index (χ4n) is 1.92. The highest BCUT2D eigenvalue weighted by Crippen LogP contribution is 2.36. The average Bonchev–Trinajstić information content (AvgIpc) is 3.13. The van der Waals surface area contributed by atoms with E-state index in [-0.39, 0.29) is 5.91 Å². The van der Waals surface area contributed by atoms with Crippen molar-refractivity contribution in [3.05, 3.63) is 33.8 Å². The Morgan fingerprint density at radius 1 is 1.53 bits per heavy atom. The summed E-state index contributed by atoms with van der Waals surface area (Å²) in [6, 6.07) is 5.72. The molecule has 1 atom stereocenters. The number of rotatable bonds is 4. The molecule has 1 aliphatic carbocycles. The van der Waals surface area contributed by atoms with Crippen molar-refractivity contribution in [3.63, 3.8) is 0 Å². The van der Waals surface area contributed by atoms with Crippen molar-refractivity contribution in [1.82, 2.24) is 5.32 Å². The van der Waals surface area contributed by atoms with Crippen LogP contribution in [0.5, 0.6) is 0 Å². The van der Waals surface area contributed by atoms with Gasteiger partial charge < -0.3 is 5.32 Å². The molecule has 0 aliphatic heterocycles. The first-order valence-corrected chi connectivity index (χ1v) is 6.91. The lowest BCUT2D eigenvalue weighted by Gasteiger charge is -2.11. The van der Waals surface area contributed by atoms with Gasteiger partial charge >= 0.3 is 0 Å². The number of nitrogens with one attached hydrogen (secondary N) is 1. The van der Waals surface area contributed by atoms with Gasteiger partial charge in [-0.3, -0.25) is 4.79 Å². The van der Waals surface area contributed by atoms with Crippen molar-refractivity contribution in [2.45, 2.75) is 26.7 Å². The normalized spacial score (nSPS) is 16.6. The summed E-state index contributed by atoms with van der Waals surface area (Å²) in [5, 5.41) is 3.01. The monoisotopic (exact) mass is 295 g/mol. The molecule has 1 aliphatic rings. The van der Waals surface area contributed by atoms with Gasteiger partial charge in [-0.15, -0.1) is 0 Å². The standard InChI is InChI=1S/C14H18BrNO/c1-9-3-4-12(7-13(9)15)14(17)16-8-10(2)11-5-6-11/h3-4,7,10-11H,5-6,8H2,1-2H3,(H,16,17). The average molecular weight is 296 g/mol. The first-order chi connectivity index (χ1) is 8.08. The van der Waals surface area contributed by atoms with Crippen LogP contribution in [0.3, 0.4) is 0 Å². The first kappa shape index (κ1) is 12.6. The molecule has 1 aromatic carbocycles. The summed E-state index contributed by atoms with van der Waals surface area (Å²) in [7, 11) is 0. The van der Waals surface area contributed by atoms with Crippen LogP contribution in [0.25, 0.3) is 0 Å². The number of aryl methyl sites for hydroxylation is 1. The highest BCUT2D eigenvalue weighted by Gasteiger charge is 2.27. The minimum atomic E-state index is 0.0261. The summed E-state index contributed by atoms with van der Waals surface area (Å²) in [5.74, 6) is 1.46. The van der Waals surface area contributed by atoms with Crippen LogP contribution in [-0.2, 0) is 0 Å². The smallest absolute Gasteiger partial charge is 0.251 e. The molecule has 2 nitrogen and oxygen atoms in total. The summed E-state index contributed by atoms with van der Waals surface area (Å²) in [5.41, 5.74) is 1.87. The Bertz CT molecular complexity index is 426. The first-order valence-electron chi connectivity index (χ1n) is 6.12. The Balaban J connectivity index is 1.92. The molecular weight excluding hydrogens is 278 g/mol. The molecule has 1 amide bonds. The van der Waals surface area contributed by atoms with Crippen LogP contribution < -0.4 is 5.32 Å². The number of carbonyl (C=O) groups excluding carboxylic acids is 1. The maximum atomic E-state index is 11.9. The predicted molar refractivity (Wildman–Crippen MR) is 73.1 cm³/mol. The summed E-state index contributed by atoms with van der Waals surface area (Å²) in [6.45, 7) is 5.01. The zero-order valence-corrected chi connectivity index (χ0v) is 11.9. The summed E-state index contributed by atoms with van der Waals surface area (Å²) >= 11 is 3.45. The molecule has 3 heteroatoms. The molecule has 1 aromatic rings. The van der Waals surface area contributed by atoms with Crippen LogP contribution in [0.1, 0.15) is 35.7 Å². The second kappa shape index (κ2) is 5.21. The number of halogens is 1. The lowest BCUT2D eigenvalue weighted by molar-refractivity contribution is 0.0946. The molecule has 0 heterocycles. The third-order valence-electron chi connectivity index (χ3n) is 3.45. The van der Waals surface area contributed by atoms with Gasteiger partial charge in [-0.05, 0) is 49.3 Å². The molecule has 0 aromatic heterocycles. The number of amides is 1. The van der Waals surface area contributed by atoms with Crippen LogP contribution in [0.15, 0.2) is 22.7 Å². The maximum absolute atomic E-state index is 11.9. The lowest BCUT2D eigenvalue weighted by atomic mass is 10.1. The number of benzene rings is 1. The maximum Gasteiger partial charge on any atom is 0.251 e. The highest BCUT2D eigenvalue weighted by atomic mass is 79.9. The Morgan fingerprint density at radius 2 is 2.24 bits per heavy atom. The van der Waals surface area contributed by atoms with Crippen molar-refractivity contribution >= 4 is 21.8 Å². The fraction of sp³-hybridized carbons (Fsp3) is 0.500. The van der Waals surface area contributed by atoms with Crippen LogP contribution in [-0.4, -0.2) is 12.5 Å². The summed E-state index contributed by atoms with van der Waals surface area (Å²) in [4.78, 5) is 11.9. The zero-order chi connectivity index (χ0) is 12.4. The van der Waals surface area contributed by atoms with E-state index in [1.807, 2.05) is 25.1 Å². The van der Waals surface area contributed by atoms with Crippen LogP contribution in [0.2, 0.25) is 0 Å². The molecule has 1 fully saturated rings. The topological polar surface area (TPSA) is 29.1 Å². The second-order valence-corrected chi connectivity index (χ2v) is 5.84. The van der Waals surface area contributed by atoms with Crippen molar-refractivity contribution in [3.8, 4) is 0 Å². The number of carbonyl (C=O) groups is 1. The molecule has 0 bridgehead atoms. The van der Waals surface area contributed by atoms with Crippen LogP contribution in [0, 0.1) is 18.8 Å². The molecule has 0 spiro atoms. The lowest BCUT2D eigenvalue weighted by Crippen LogP contribution is -2.29. The molecule has 2 rings (SSSR count). The molecule has 0 saturated heterocycles. The Hall–Kier alpha value is -0.830. The van der Waals surface area contributed by atoms with Crippen LogP contribution >= 0.6 is 15.9 Å². The van der Waals surface area contributed by atoms with Crippen molar-refractivity contribution in [2.75, 3.05) is 6.54 Å². The zero-order valence-electron chi connectivity index (χ0n) is 10.3. The quantitative estimate of drug-likeness (QED) is 0.904. The number of hydrogen-bond acceptors (Lipinski definition) is 1. The van der Waals surface area contributed by atoms with E-state index in [1.165, 1.54) is 12.8 Å². The van der Waals surface area contributed by atoms with Gasteiger partial charge in [0.05, 0.1) is 0 Å². The van der Waals surface area contributed by atoms with Crippen molar-refractivity contribution in [1.29, 1.82) is 0 Å². The third kappa shape index (κ3) is 3.32. The van der Waals surface area contributed by atoms with E-state index in [2.05, 4.69) is 28.2 Å². The van der Waals surface area contributed by atoms with Gasteiger partial charge in [0.15, 0.2) is 0 Å². The molecule has 0 radical (unpaired) electrons. The van der Waals surface area contributed by atoms with Gasteiger partial charge in [0.25, 0.3) is 5.91 Å². The van der Waals surface area contributed by atoms with E-state index in [9.17, 15) is 4.79 Å². The Morgan fingerprint density at radius 3 is 2.82 bits per heavy atom. The van der Waals surface area contributed by atoms with E-state index in [0.717, 1.165) is 28.1 Å². The van der Waals surface area contributed by atoms with E-state index in [1.54, 1.807) is 0 Å². The van der Waals surface area contributed by atoms with Gasteiger partial charge in [0.2, 0.25) is 0 Å². The second-order valence-electron chi connectivity index (χ2n) is 4.99. The number of hydrogen-bond donors (Lipinski definition) is 1. The minimum Gasteiger partial charge on any atom is -0.352 e. The SMILES string of the molecule is Cc1ccc(C(=O)NCC(C)C2CC2)cc1Br. The summed E-state index contributed by atoms with van der Waals surface area (Å²) in [6.07, 6.45) is 2.65. The Labute approximate surface area is 111 Å². The molecule has 1 N–H and O–H groups in total. The van der Waals surface area contributed by atoms with E-state index in [0.29, 0.717) is 5.92 Å². The highest BCUT2D eigenvalue weighted by molar-refractivity contribution is 9.10. The third-order valence-corrected chi connectivity index (χ3v) is 4.30. The fourth-order valence-corrected chi connectivity index (χ4v) is 2.30. The van der Waals surface area contributed by atoms with E-state index >= 15 is 0 Å². The molecular formula is C14H18BrNO. The van der Waals surface area contributed by atoms with Crippen LogP contribution in [0.4, 0.5) is 0 Å². The van der Waals surface area contributed by atoms with Gasteiger partial charge in [0, 0.05) is 16.6 Å². The van der Waals surface area contributed by atoms with E-state index < -0.39 is 0 Å². The predicted octanol–water partition coefficient (Wildman–Crippen LogP) is 3.53. The van der Waals surface area contributed by atoms with E-state index in [4.69, 9.17) is 0 Å². The van der Waals surface area contributed by atoms with Crippen molar-refractivity contribution in [2.24, 2.45) is 11.8 Å². The minimum absolute atomic E-state index is 0.0261. The molecule has 1 unspecified atom stereocenters. The van der Waals surface area contributed by atoms with Gasteiger partial charge in [-0.25, -0.2) is 0 Å². The largest absolute Gasteiger partial charge is 0.352 e. The molecule has 17 heavy (non-hydrogen) atoms. The van der Waals surface area contributed by atoms with Gasteiger partial charge in [0.1, 0.15) is 0 Å². The van der Waals surface area contributed by atoms with Gasteiger partial charge in [-0.2, -0.15) is 0 Å². The molecule has 1 saturated carbocycles. The van der Waals surface area contributed by atoms with Crippen molar-refractivity contribution < 1.29 is 4.79 Å².